The zero-order valence-corrected chi connectivity index (χ0v) is 7.56. The molecule has 1 heteroatoms. The number of unbranched alkanes of at least 4 members (excludes halogenated alkanes) is 1. The van der Waals surface area contributed by atoms with Crippen LogP contribution in [0.25, 0.3) is 0 Å². The van der Waals surface area contributed by atoms with Gasteiger partial charge >= 0.3 is 0 Å². The van der Waals surface area contributed by atoms with Crippen LogP contribution in [0.5, 0.6) is 0 Å². The van der Waals surface area contributed by atoms with Gasteiger partial charge in [0.05, 0.1) is 6.10 Å². The summed E-state index contributed by atoms with van der Waals surface area (Å²) in [5, 5.41) is 9.40. The van der Waals surface area contributed by atoms with Crippen LogP contribution in [-0.2, 0) is 0 Å². The van der Waals surface area contributed by atoms with Crippen molar-refractivity contribution in [2.24, 2.45) is 0 Å². The molecule has 0 aliphatic carbocycles. The number of aliphatic hydroxyl groups is 1. The van der Waals surface area contributed by atoms with Crippen LogP contribution >= 0.6 is 0 Å². The largest absolute Gasteiger partial charge is 0.388 e. The van der Waals surface area contributed by atoms with Gasteiger partial charge in [0.2, 0.25) is 0 Å². The quantitative estimate of drug-likeness (QED) is 0.603. The molecule has 0 unspecified atom stereocenters. The van der Waals surface area contributed by atoms with Gasteiger partial charge in [0.15, 0.2) is 0 Å². The third kappa shape index (κ3) is 4.02. The molecular formula is C10H18O. The Bertz CT molecular complexity index is 143. The Morgan fingerprint density at radius 1 is 1.55 bits per heavy atom. The Morgan fingerprint density at radius 2 is 2.18 bits per heavy atom. The summed E-state index contributed by atoms with van der Waals surface area (Å²) in [5.74, 6) is 0. The average molecular weight is 154 g/mol. The fourth-order valence-electron chi connectivity index (χ4n) is 0.986. The van der Waals surface area contributed by atoms with E-state index in [1.54, 1.807) is 0 Å². The van der Waals surface area contributed by atoms with Crippen molar-refractivity contribution >= 4 is 0 Å². The van der Waals surface area contributed by atoms with E-state index >= 15 is 0 Å². The van der Waals surface area contributed by atoms with E-state index in [0.29, 0.717) is 0 Å². The van der Waals surface area contributed by atoms with Crippen molar-refractivity contribution in [1.29, 1.82) is 0 Å². The van der Waals surface area contributed by atoms with Crippen molar-refractivity contribution in [3.63, 3.8) is 0 Å². The number of aliphatic hydroxyl groups excluding tert-OH is 1. The van der Waals surface area contributed by atoms with Gasteiger partial charge in [-0.15, -0.1) is 5.73 Å². The summed E-state index contributed by atoms with van der Waals surface area (Å²) in [5.41, 5.74) is 3.77. The van der Waals surface area contributed by atoms with Crippen LogP contribution in [0.1, 0.15) is 39.5 Å². The molecule has 0 spiro atoms. The van der Waals surface area contributed by atoms with E-state index in [1.807, 2.05) is 6.92 Å². The third-order valence-electron chi connectivity index (χ3n) is 1.82. The molecule has 0 amide bonds. The van der Waals surface area contributed by atoms with E-state index in [-0.39, 0.29) is 6.10 Å². The molecule has 0 aromatic carbocycles. The topological polar surface area (TPSA) is 20.2 Å². The lowest BCUT2D eigenvalue weighted by atomic mass is 10.0. The predicted octanol–water partition coefficient (Wildman–Crippen LogP) is 2.66. The van der Waals surface area contributed by atoms with Gasteiger partial charge in [-0.1, -0.05) is 26.8 Å². The van der Waals surface area contributed by atoms with Gasteiger partial charge in [-0.05, 0) is 24.8 Å². The first kappa shape index (κ1) is 10.5. The summed E-state index contributed by atoms with van der Waals surface area (Å²) in [6, 6.07) is 0. The van der Waals surface area contributed by atoms with Gasteiger partial charge < -0.3 is 5.11 Å². The molecule has 64 valence electrons. The molecule has 1 N–H and O–H groups in total. The fourth-order valence-corrected chi connectivity index (χ4v) is 0.986. The first-order valence-electron chi connectivity index (χ1n) is 4.33. The Kier molecular flexibility index (Phi) is 5.91. The van der Waals surface area contributed by atoms with E-state index in [2.05, 4.69) is 19.2 Å². The van der Waals surface area contributed by atoms with E-state index < -0.39 is 0 Å². The summed E-state index contributed by atoms with van der Waals surface area (Å²) >= 11 is 0. The molecule has 1 atom stereocenters. The van der Waals surface area contributed by atoms with Crippen LogP contribution in [-0.4, -0.2) is 11.2 Å². The standard InChI is InChI=1S/C10H18O/c1-4-7-8-9(5-2)10(11)6-3/h10-11H,2,4,6-8H2,1,3H3/t10-/m0/s1. The van der Waals surface area contributed by atoms with Crippen LogP contribution in [0.15, 0.2) is 17.9 Å². The predicted molar refractivity (Wildman–Crippen MR) is 48.5 cm³/mol. The Labute approximate surface area is 69.4 Å². The molecule has 0 aliphatic rings. The highest BCUT2D eigenvalue weighted by Gasteiger charge is 2.05. The summed E-state index contributed by atoms with van der Waals surface area (Å²) in [4.78, 5) is 0. The van der Waals surface area contributed by atoms with Crippen molar-refractivity contribution in [3.8, 4) is 0 Å². The molecule has 0 aromatic heterocycles. The second kappa shape index (κ2) is 6.21. The molecule has 0 saturated carbocycles. The minimum absolute atomic E-state index is 0.320. The van der Waals surface area contributed by atoms with Gasteiger partial charge in [0.25, 0.3) is 0 Å². The molecule has 0 bridgehead atoms. The number of hydrogen-bond donors (Lipinski definition) is 1. The zero-order chi connectivity index (χ0) is 8.69. The smallest absolute Gasteiger partial charge is 0.0820 e. The molecule has 11 heavy (non-hydrogen) atoms. The van der Waals surface area contributed by atoms with Gasteiger partial charge in [0.1, 0.15) is 0 Å². The lowest BCUT2D eigenvalue weighted by Gasteiger charge is -2.09. The molecule has 0 rings (SSSR count). The first-order valence-corrected chi connectivity index (χ1v) is 4.33. The van der Waals surface area contributed by atoms with Crippen molar-refractivity contribution < 1.29 is 5.11 Å². The van der Waals surface area contributed by atoms with E-state index in [1.165, 1.54) is 0 Å². The van der Waals surface area contributed by atoms with E-state index in [0.717, 1.165) is 31.3 Å². The molecule has 0 fully saturated rings. The molecule has 0 radical (unpaired) electrons. The lowest BCUT2D eigenvalue weighted by molar-refractivity contribution is 0.202. The van der Waals surface area contributed by atoms with Crippen LogP contribution in [0, 0.1) is 0 Å². The molecule has 0 aromatic rings. The maximum Gasteiger partial charge on any atom is 0.0820 e. The average Bonchev–Trinajstić information content (AvgIpc) is 2.05. The highest BCUT2D eigenvalue weighted by molar-refractivity contribution is 5.04. The molecule has 0 saturated heterocycles. The lowest BCUT2D eigenvalue weighted by Crippen LogP contribution is -2.07. The van der Waals surface area contributed by atoms with E-state index in [4.69, 9.17) is 0 Å². The maximum absolute atomic E-state index is 9.40. The highest BCUT2D eigenvalue weighted by atomic mass is 16.3. The molecule has 1 nitrogen and oxygen atoms in total. The summed E-state index contributed by atoms with van der Waals surface area (Å²) in [7, 11) is 0. The first-order chi connectivity index (χ1) is 5.26. The van der Waals surface area contributed by atoms with Crippen LogP contribution in [0.4, 0.5) is 0 Å². The maximum atomic E-state index is 9.40. The number of hydrogen-bond acceptors (Lipinski definition) is 1. The highest BCUT2D eigenvalue weighted by Crippen LogP contribution is 2.12. The van der Waals surface area contributed by atoms with Gasteiger partial charge in [-0.25, -0.2) is 0 Å². The Hall–Kier alpha value is -0.520. The monoisotopic (exact) mass is 154 g/mol. The SMILES string of the molecule is C=C=C(CCCC)[C@@H](O)CC. The minimum atomic E-state index is -0.320. The normalized spacial score (nSPS) is 12.3. The third-order valence-corrected chi connectivity index (χ3v) is 1.82. The second-order valence-electron chi connectivity index (χ2n) is 2.73. The number of rotatable bonds is 5. The van der Waals surface area contributed by atoms with Crippen molar-refractivity contribution in [2.75, 3.05) is 0 Å². The fraction of sp³-hybridized carbons (Fsp3) is 0.700. The van der Waals surface area contributed by atoms with Gasteiger partial charge in [0, 0.05) is 0 Å². The van der Waals surface area contributed by atoms with Gasteiger partial charge in [-0.2, -0.15) is 0 Å². The van der Waals surface area contributed by atoms with Crippen LogP contribution in [0.2, 0.25) is 0 Å². The van der Waals surface area contributed by atoms with Gasteiger partial charge in [-0.3, -0.25) is 0 Å². The van der Waals surface area contributed by atoms with Crippen molar-refractivity contribution in [3.05, 3.63) is 17.9 Å². The summed E-state index contributed by atoms with van der Waals surface area (Å²) in [6.45, 7) is 7.67. The van der Waals surface area contributed by atoms with Crippen LogP contribution < -0.4 is 0 Å². The second-order valence-corrected chi connectivity index (χ2v) is 2.73. The summed E-state index contributed by atoms with van der Waals surface area (Å²) in [6.07, 6.45) is 3.66. The Morgan fingerprint density at radius 3 is 2.55 bits per heavy atom. The molecular weight excluding hydrogens is 136 g/mol. The van der Waals surface area contributed by atoms with Crippen molar-refractivity contribution in [2.45, 2.75) is 45.6 Å². The van der Waals surface area contributed by atoms with Crippen molar-refractivity contribution in [1.82, 2.24) is 0 Å². The van der Waals surface area contributed by atoms with E-state index in [9.17, 15) is 5.11 Å². The summed E-state index contributed by atoms with van der Waals surface area (Å²) < 4.78 is 0. The zero-order valence-electron chi connectivity index (χ0n) is 7.56. The molecule has 0 heterocycles. The van der Waals surface area contributed by atoms with Crippen LogP contribution in [0.3, 0.4) is 0 Å². The molecule has 0 aliphatic heterocycles. The minimum Gasteiger partial charge on any atom is -0.388 e. The Balaban J connectivity index is 3.87.